The van der Waals surface area contributed by atoms with E-state index in [-0.39, 0.29) is 12.6 Å². The van der Waals surface area contributed by atoms with Crippen molar-refractivity contribution < 1.29 is 14.6 Å². The maximum atomic E-state index is 12.2. The van der Waals surface area contributed by atoms with Gasteiger partial charge in [-0.15, -0.1) is 0 Å². The molecule has 0 unspecified atom stereocenters. The average molecular weight is 318 g/mol. The number of carbonyl (C=O) groups excluding carboxylic acids is 1. The SMILES string of the molecule is CCOC(=O)c1cc([Si](C)(C)C)nn1-c1cccc(CO)c1. The second kappa shape index (κ2) is 6.45. The predicted molar refractivity (Wildman–Crippen MR) is 88.4 cm³/mol. The number of aliphatic hydroxyl groups excluding tert-OH is 1. The van der Waals surface area contributed by atoms with E-state index in [0.29, 0.717) is 12.3 Å². The molecule has 1 aromatic carbocycles. The fraction of sp³-hybridized carbons (Fsp3) is 0.375. The predicted octanol–water partition coefficient (Wildman–Crippen LogP) is 2.09. The third kappa shape index (κ3) is 3.45. The Morgan fingerprint density at radius 1 is 1.32 bits per heavy atom. The number of ether oxygens (including phenoxy) is 1. The van der Waals surface area contributed by atoms with Crippen LogP contribution in [0.5, 0.6) is 0 Å². The highest BCUT2D eigenvalue weighted by Crippen LogP contribution is 2.15. The minimum Gasteiger partial charge on any atom is -0.461 e. The van der Waals surface area contributed by atoms with Gasteiger partial charge in [-0.25, -0.2) is 9.48 Å². The number of aliphatic hydroxyl groups is 1. The first-order valence-electron chi connectivity index (χ1n) is 7.34. The van der Waals surface area contributed by atoms with Crippen LogP contribution in [0, 0.1) is 0 Å². The standard InChI is InChI=1S/C16H22N2O3Si/c1-5-21-16(20)14-10-15(22(2,3)4)17-18(14)13-8-6-7-12(9-13)11-19/h6-10,19H,5,11H2,1-4H3. The fourth-order valence-corrected chi connectivity index (χ4v) is 3.05. The number of carbonyl (C=O) groups is 1. The molecule has 0 saturated carbocycles. The monoisotopic (exact) mass is 318 g/mol. The number of nitrogens with zero attached hydrogens (tertiary/aromatic N) is 2. The van der Waals surface area contributed by atoms with Gasteiger partial charge >= 0.3 is 5.97 Å². The number of hydrogen-bond acceptors (Lipinski definition) is 4. The molecule has 0 aliphatic carbocycles. The molecule has 0 aliphatic rings. The van der Waals surface area contributed by atoms with Gasteiger partial charge in [-0.2, -0.15) is 5.10 Å². The fourth-order valence-electron chi connectivity index (χ4n) is 2.08. The minimum atomic E-state index is -1.66. The summed E-state index contributed by atoms with van der Waals surface area (Å²) in [5.41, 5.74) is 1.95. The van der Waals surface area contributed by atoms with Crippen molar-refractivity contribution in [2.75, 3.05) is 6.61 Å². The number of benzene rings is 1. The van der Waals surface area contributed by atoms with Crippen LogP contribution >= 0.6 is 0 Å². The molecule has 2 rings (SSSR count). The molecule has 0 radical (unpaired) electrons. The van der Waals surface area contributed by atoms with Gasteiger partial charge in [0.2, 0.25) is 0 Å². The highest BCUT2D eigenvalue weighted by molar-refractivity contribution is 6.88. The van der Waals surface area contributed by atoms with Gasteiger partial charge in [0.15, 0.2) is 5.69 Å². The van der Waals surface area contributed by atoms with E-state index in [1.165, 1.54) is 0 Å². The molecular weight excluding hydrogens is 296 g/mol. The molecule has 22 heavy (non-hydrogen) atoms. The maximum absolute atomic E-state index is 12.2. The summed E-state index contributed by atoms with van der Waals surface area (Å²) in [5.74, 6) is -0.381. The van der Waals surface area contributed by atoms with E-state index in [9.17, 15) is 9.90 Å². The topological polar surface area (TPSA) is 64.3 Å². The van der Waals surface area contributed by atoms with Crippen molar-refractivity contribution >= 4 is 19.4 Å². The van der Waals surface area contributed by atoms with Gasteiger partial charge in [0.25, 0.3) is 0 Å². The Kier molecular flexibility index (Phi) is 4.83. The zero-order chi connectivity index (χ0) is 16.3. The van der Waals surface area contributed by atoms with Gasteiger partial charge in [-0.1, -0.05) is 31.8 Å². The molecule has 0 bridgehead atoms. The van der Waals surface area contributed by atoms with Crippen molar-refractivity contribution in [3.8, 4) is 5.69 Å². The Hall–Kier alpha value is -1.92. The highest BCUT2D eigenvalue weighted by Gasteiger charge is 2.25. The molecule has 1 N–H and O–H groups in total. The van der Waals surface area contributed by atoms with Crippen molar-refractivity contribution in [1.29, 1.82) is 0 Å². The van der Waals surface area contributed by atoms with E-state index in [4.69, 9.17) is 4.74 Å². The van der Waals surface area contributed by atoms with Gasteiger partial charge in [0.1, 0.15) is 8.07 Å². The normalized spacial score (nSPS) is 11.5. The van der Waals surface area contributed by atoms with E-state index in [1.807, 2.05) is 30.3 Å². The summed E-state index contributed by atoms with van der Waals surface area (Å²) in [4.78, 5) is 12.2. The molecule has 1 heterocycles. The Morgan fingerprint density at radius 3 is 2.64 bits per heavy atom. The second-order valence-corrected chi connectivity index (χ2v) is 11.1. The summed E-state index contributed by atoms with van der Waals surface area (Å²) < 4.78 is 6.75. The van der Waals surface area contributed by atoms with E-state index >= 15 is 0 Å². The van der Waals surface area contributed by atoms with Crippen LogP contribution in [0.2, 0.25) is 19.6 Å². The lowest BCUT2D eigenvalue weighted by Gasteiger charge is -2.11. The third-order valence-electron chi connectivity index (χ3n) is 3.30. The molecule has 1 aromatic heterocycles. The van der Waals surface area contributed by atoms with Crippen LogP contribution in [0.4, 0.5) is 0 Å². The van der Waals surface area contributed by atoms with Gasteiger partial charge in [0, 0.05) is 5.32 Å². The molecule has 0 atom stereocenters. The molecule has 0 spiro atoms. The van der Waals surface area contributed by atoms with Crippen LogP contribution in [0.1, 0.15) is 23.0 Å². The van der Waals surface area contributed by atoms with Crippen molar-refractivity contribution in [3.05, 3.63) is 41.6 Å². The number of rotatable bonds is 5. The van der Waals surface area contributed by atoms with Crippen molar-refractivity contribution in [2.45, 2.75) is 33.2 Å². The summed E-state index contributed by atoms with van der Waals surface area (Å²) in [6.07, 6.45) is 0. The van der Waals surface area contributed by atoms with E-state index in [2.05, 4.69) is 24.7 Å². The third-order valence-corrected chi connectivity index (χ3v) is 5.08. The maximum Gasteiger partial charge on any atom is 0.357 e. The largest absolute Gasteiger partial charge is 0.461 e. The summed E-state index contributed by atoms with van der Waals surface area (Å²) in [5, 5.41) is 14.9. The van der Waals surface area contributed by atoms with Gasteiger partial charge in [0.05, 0.1) is 18.9 Å². The Balaban J connectivity index is 2.56. The van der Waals surface area contributed by atoms with E-state index < -0.39 is 8.07 Å². The van der Waals surface area contributed by atoms with Crippen LogP contribution in [0.15, 0.2) is 30.3 Å². The van der Waals surface area contributed by atoms with Crippen LogP contribution in [0.3, 0.4) is 0 Å². The molecule has 0 fully saturated rings. The van der Waals surface area contributed by atoms with E-state index in [1.54, 1.807) is 11.6 Å². The lowest BCUT2D eigenvalue weighted by atomic mass is 10.2. The second-order valence-electron chi connectivity index (χ2n) is 6.13. The zero-order valence-electron chi connectivity index (χ0n) is 13.5. The first-order chi connectivity index (χ1) is 10.4. The van der Waals surface area contributed by atoms with Gasteiger partial charge in [-0.05, 0) is 30.7 Å². The molecule has 6 heteroatoms. The summed E-state index contributed by atoms with van der Waals surface area (Å²) in [7, 11) is -1.66. The summed E-state index contributed by atoms with van der Waals surface area (Å²) in [6, 6.07) is 9.19. The van der Waals surface area contributed by atoms with Crippen molar-refractivity contribution in [1.82, 2.24) is 9.78 Å². The van der Waals surface area contributed by atoms with Crippen LogP contribution in [-0.4, -0.2) is 35.5 Å². The molecular formula is C16H22N2O3Si. The number of esters is 1. The molecule has 2 aromatic rings. The van der Waals surface area contributed by atoms with Gasteiger partial charge < -0.3 is 9.84 Å². The van der Waals surface area contributed by atoms with E-state index in [0.717, 1.165) is 16.6 Å². The lowest BCUT2D eigenvalue weighted by molar-refractivity contribution is 0.0515. The number of hydrogen-bond donors (Lipinski definition) is 1. The Morgan fingerprint density at radius 2 is 2.05 bits per heavy atom. The van der Waals surface area contributed by atoms with Crippen LogP contribution in [0.25, 0.3) is 5.69 Å². The lowest BCUT2D eigenvalue weighted by Crippen LogP contribution is -2.39. The minimum absolute atomic E-state index is 0.0509. The summed E-state index contributed by atoms with van der Waals surface area (Å²) >= 11 is 0. The molecule has 0 amide bonds. The molecule has 0 aliphatic heterocycles. The smallest absolute Gasteiger partial charge is 0.357 e. The van der Waals surface area contributed by atoms with Crippen molar-refractivity contribution in [2.24, 2.45) is 0 Å². The Bertz CT molecular complexity index is 674. The first-order valence-corrected chi connectivity index (χ1v) is 10.8. The zero-order valence-corrected chi connectivity index (χ0v) is 14.5. The van der Waals surface area contributed by atoms with Crippen LogP contribution < -0.4 is 5.32 Å². The first kappa shape index (κ1) is 16.4. The molecule has 0 saturated heterocycles. The quantitative estimate of drug-likeness (QED) is 0.677. The Labute approximate surface area is 131 Å². The van der Waals surface area contributed by atoms with Gasteiger partial charge in [-0.3, -0.25) is 0 Å². The van der Waals surface area contributed by atoms with Crippen molar-refractivity contribution in [3.63, 3.8) is 0 Å². The van der Waals surface area contributed by atoms with Crippen LogP contribution in [-0.2, 0) is 11.3 Å². The highest BCUT2D eigenvalue weighted by atomic mass is 28.3. The molecule has 118 valence electrons. The molecule has 5 nitrogen and oxygen atoms in total. The number of aromatic nitrogens is 2. The summed E-state index contributed by atoms with van der Waals surface area (Å²) in [6.45, 7) is 8.59. The average Bonchev–Trinajstić information content (AvgIpc) is 2.93.